The highest BCUT2D eigenvalue weighted by Gasteiger charge is 2.46. The smallest absolute Gasteiger partial charge is 0.309 e. The van der Waals surface area contributed by atoms with E-state index in [-0.39, 0.29) is 5.41 Å². The first-order valence-corrected chi connectivity index (χ1v) is 10.4. The van der Waals surface area contributed by atoms with E-state index in [0.717, 1.165) is 25.7 Å². The van der Waals surface area contributed by atoms with E-state index >= 15 is 0 Å². The van der Waals surface area contributed by atoms with Crippen LogP contribution in [0, 0.1) is 11.3 Å². The molecule has 2 rings (SSSR count). The molecule has 0 aromatic heterocycles. The summed E-state index contributed by atoms with van der Waals surface area (Å²) in [5.74, 6) is 0.0127. The fourth-order valence-corrected chi connectivity index (χ4v) is 7.82. The molecule has 2 nitrogen and oxygen atoms in total. The van der Waals surface area contributed by atoms with Gasteiger partial charge in [-0.2, -0.15) is 0 Å². The molecule has 3 heteroatoms. The van der Waals surface area contributed by atoms with E-state index < -0.39 is 14.8 Å². The Bertz CT molecular complexity index is 276. The maximum Gasteiger partial charge on any atom is 0.309 e. The summed E-state index contributed by atoms with van der Waals surface area (Å²) in [7, 11) is -0.474. The molecule has 0 bridgehead atoms. The van der Waals surface area contributed by atoms with Crippen LogP contribution >= 0.6 is 0 Å². The standard InChI is InChI=1S/C15H28O2Si/c1-2-10-18-11-6-13(7-12-18)15(14(16)17)8-4-3-5-9-15/h13,18H,2-12H2,1H3,(H,16,17). The first-order valence-electron chi connectivity index (χ1n) is 7.92. The molecule has 0 unspecified atom stereocenters. The van der Waals surface area contributed by atoms with Crippen molar-refractivity contribution in [3.05, 3.63) is 0 Å². The van der Waals surface area contributed by atoms with Crippen LogP contribution in [0.25, 0.3) is 0 Å². The molecule has 0 atom stereocenters. The monoisotopic (exact) mass is 268 g/mol. The zero-order valence-corrected chi connectivity index (χ0v) is 12.9. The Kier molecular flexibility index (Phi) is 4.88. The molecule has 0 radical (unpaired) electrons. The van der Waals surface area contributed by atoms with Crippen molar-refractivity contribution in [2.75, 3.05) is 0 Å². The summed E-state index contributed by atoms with van der Waals surface area (Å²) in [6.07, 6.45) is 9.21. The second-order valence-electron chi connectivity index (χ2n) is 6.53. The third-order valence-corrected chi connectivity index (χ3v) is 9.19. The number of carboxylic acids is 1. The molecular weight excluding hydrogens is 240 g/mol. The van der Waals surface area contributed by atoms with Crippen LogP contribution in [0.15, 0.2) is 0 Å². The number of carboxylic acid groups (broad SMARTS) is 1. The minimum atomic E-state index is -0.484. The summed E-state index contributed by atoms with van der Waals surface area (Å²) in [4.78, 5) is 11.8. The van der Waals surface area contributed by atoms with Gasteiger partial charge >= 0.3 is 5.97 Å². The first kappa shape index (κ1) is 14.1. The van der Waals surface area contributed by atoms with Crippen molar-refractivity contribution >= 4 is 14.8 Å². The summed E-state index contributed by atoms with van der Waals surface area (Å²) >= 11 is 0. The van der Waals surface area contributed by atoms with Crippen molar-refractivity contribution in [2.24, 2.45) is 11.3 Å². The van der Waals surface area contributed by atoms with Gasteiger partial charge in [-0.15, -0.1) is 0 Å². The van der Waals surface area contributed by atoms with Gasteiger partial charge in [-0.3, -0.25) is 4.79 Å². The van der Waals surface area contributed by atoms with Crippen molar-refractivity contribution < 1.29 is 9.90 Å². The zero-order valence-electron chi connectivity index (χ0n) is 11.8. The van der Waals surface area contributed by atoms with Crippen LogP contribution in [-0.4, -0.2) is 19.9 Å². The summed E-state index contributed by atoms with van der Waals surface area (Å²) in [5, 5.41) is 9.72. The molecular formula is C15H28O2Si. The second-order valence-corrected chi connectivity index (χ2v) is 9.99. The number of aliphatic carboxylic acids is 1. The van der Waals surface area contributed by atoms with Gasteiger partial charge in [0.25, 0.3) is 0 Å². The van der Waals surface area contributed by atoms with Crippen molar-refractivity contribution in [1.29, 1.82) is 0 Å². The summed E-state index contributed by atoms with van der Waals surface area (Å²) in [6, 6.07) is 4.30. The van der Waals surface area contributed by atoms with E-state index in [0.29, 0.717) is 5.92 Å². The number of hydrogen-bond acceptors (Lipinski definition) is 1. The lowest BCUT2D eigenvalue weighted by atomic mass is 9.64. The molecule has 1 saturated heterocycles. The Hall–Kier alpha value is -0.313. The first-order chi connectivity index (χ1) is 8.69. The van der Waals surface area contributed by atoms with Crippen LogP contribution in [0.3, 0.4) is 0 Å². The molecule has 2 aliphatic rings. The highest BCUT2D eigenvalue weighted by molar-refractivity contribution is 6.58. The fourth-order valence-electron chi connectivity index (χ4n) is 4.39. The molecule has 1 heterocycles. The summed E-state index contributed by atoms with van der Waals surface area (Å²) in [5.41, 5.74) is -0.330. The van der Waals surface area contributed by atoms with Crippen LogP contribution in [0.1, 0.15) is 58.3 Å². The van der Waals surface area contributed by atoms with Gasteiger partial charge in [-0.25, -0.2) is 0 Å². The van der Waals surface area contributed by atoms with Crippen LogP contribution < -0.4 is 0 Å². The number of hydrogen-bond donors (Lipinski definition) is 1. The van der Waals surface area contributed by atoms with Crippen molar-refractivity contribution in [3.63, 3.8) is 0 Å². The molecule has 1 aliphatic carbocycles. The normalized spacial score (nSPS) is 32.1. The van der Waals surface area contributed by atoms with Gasteiger partial charge in [0.15, 0.2) is 0 Å². The molecule has 104 valence electrons. The largest absolute Gasteiger partial charge is 0.481 e. The van der Waals surface area contributed by atoms with Gasteiger partial charge in [0.2, 0.25) is 0 Å². The van der Waals surface area contributed by atoms with E-state index in [1.807, 2.05) is 0 Å². The molecule has 0 aromatic carbocycles. The topological polar surface area (TPSA) is 37.3 Å². The maximum atomic E-state index is 11.8. The van der Waals surface area contributed by atoms with Crippen LogP contribution in [0.4, 0.5) is 0 Å². The van der Waals surface area contributed by atoms with Gasteiger partial charge in [0.1, 0.15) is 0 Å². The summed E-state index contributed by atoms with van der Waals surface area (Å²) in [6.45, 7) is 2.29. The molecule has 1 aliphatic heterocycles. The van der Waals surface area contributed by atoms with Crippen LogP contribution in [0.2, 0.25) is 18.1 Å². The molecule has 0 amide bonds. The third kappa shape index (κ3) is 2.81. The molecule has 2 fully saturated rings. The second kappa shape index (κ2) is 6.22. The maximum absolute atomic E-state index is 11.8. The Morgan fingerprint density at radius 3 is 2.33 bits per heavy atom. The van der Waals surface area contributed by atoms with Gasteiger partial charge < -0.3 is 5.11 Å². The lowest BCUT2D eigenvalue weighted by Crippen LogP contribution is -2.42. The molecule has 1 saturated carbocycles. The quantitative estimate of drug-likeness (QED) is 0.780. The number of carbonyl (C=O) groups is 1. The predicted molar refractivity (Wildman–Crippen MR) is 77.7 cm³/mol. The molecule has 1 N–H and O–H groups in total. The fraction of sp³-hybridized carbons (Fsp3) is 0.933. The zero-order chi connectivity index (χ0) is 13.0. The average Bonchev–Trinajstić information content (AvgIpc) is 2.40. The minimum Gasteiger partial charge on any atom is -0.481 e. The predicted octanol–water partition coefficient (Wildman–Crippen LogP) is 4.07. The Morgan fingerprint density at radius 2 is 1.83 bits per heavy atom. The Morgan fingerprint density at radius 1 is 1.22 bits per heavy atom. The van der Waals surface area contributed by atoms with E-state index in [1.54, 1.807) is 0 Å². The third-order valence-electron chi connectivity index (χ3n) is 5.50. The van der Waals surface area contributed by atoms with E-state index in [2.05, 4.69) is 6.92 Å². The van der Waals surface area contributed by atoms with Crippen LogP contribution in [0.5, 0.6) is 0 Å². The van der Waals surface area contributed by atoms with E-state index in [9.17, 15) is 9.90 Å². The van der Waals surface area contributed by atoms with Gasteiger partial charge in [0.05, 0.1) is 5.41 Å². The van der Waals surface area contributed by atoms with Gasteiger partial charge in [-0.1, -0.05) is 63.6 Å². The van der Waals surface area contributed by atoms with Crippen molar-refractivity contribution in [3.8, 4) is 0 Å². The van der Waals surface area contributed by atoms with Gasteiger partial charge in [-0.05, 0) is 18.8 Å². The highest BCUT2D eigenvalue weighted by Crippen LogP contribution is 2.49. The number of rotatable bonds is 4. The summed E-state index contributed by atoms with van der Waals surface area (Å²) < 4.78 is 0. The highest BCUT2D eigenvalue weighted by atomic mass is 28.3. The lowest BCUT2D eigenvalue weighted by Gasteiger charge is -2.43. The average molecular weight is 268 g/mol. The Labute approximate surface area is 113 Å². The van der Waals surface area contributed by atoms with E-state index in [1.165, 1.54) is 43.8 Å². The molecule has 18 heavy (non-hydrogen) atoms. The van der Waals surface area contributed by atoms with Gasteiger partial charge in [0, 0.05) is 8.80 Å². The van der Waals surface area contributed by atoms with Crippen LogP contribution in [-0.2, 0) is 4.79 Å². The van der Waals surface area contributed by atoms with Crippen molar-refractivity contribution in [1.82, 2.24) is 0 Å². The molecule has 0 aromatic rings. The van der Waals surface area contributed by atoms with Crippen molar-refractivity contribution in [2.45, 2.75) is 76.4 Å². The Balaban J connectivity index is 1.98. The molecule has 0 spiro atoms. The minimum absolute atomic E-state index is 0.330. The SMILES string of the molecule is CCC[SiH]1CCC(C2(C(=O)O)CCCCC2)CC1. The lowest BCUT2D eigenvalue weighted by molar-refractivity contribution is -0.156. The van der Waals surface area contributed by atoms with E-state index in [4.69, 9.17) is 0 Å².